The van der Waals surface area contributed by atoms with Gasteiger partial charge in [0.25, 0.3) is 11.8 Å². The molecule has 6 nitrogen and oxygen atoms in total. The van der Waals surface area contributed by atoms with E-state index in [-0.39, 0.29) is 18.6 Å². The molecule has 0 heterocycles. The standard InChI is InChI=1S/C21H25BrN2O4/c1-14-9-10-18(16(22)11-14)28-13-20(26)24-23-19(25)12-27-17-8-6-5-7-15(17)21(2,3)4/h5-11H,12-13H2,1-4H3,(H,23,25)(H,24,26). The number of nitrogens with one attached hydrogen (secondary N) is 2. The van der Waals surface area contributed by atoms with Gasteiger partial charge in [-0.3, -0.25) is 20.4 Å². The molecule has 0 aliphatic rings. The van der Waals surface area contributed by atoms with Crippen LogP contribution >= 0.6 is 15.9 Å². The van der Waals surface area contributed by atoms with Gasteiger partial charge >= 0.3 is 0 Å². The zero-order valence-electron chi connectivity index (χ0n) is 16.5. The minimum absolute atomic E-state index is 0.108. The van der Waals surface area contributed by atoms with Gasteiger partial charge in [-0.1, -0.05) is 45.0 Å². The van der Waals surface area contributed by atoms with Crippen molar-refractivity contribution in [3.63, 3.8) is 0 Å². The van der Waals surface area contributed by atoms with Crippen LogP contribution in [0.25, 0.3) is 0 Å². The Bertz CT molecular complexity index is 847. The molecule has 0 aliphatic heterocycles. The molecule has 0 spiro atoms. The van der Waals surface area contributed by atoms with Crippen molar-refractivity contribution in [1.82, 2.24) is 10.9 Å². The lowest BCUT2D eigenvalue weighted by Crippen LogP contribution is -2.45. The maximum atomic E-state index is 11.9. The molecule has 0 saturated heterocycles. The van der Waals surface area contributed by atoms with Crippen LogP contribution in [-0.2, 0) is 15.0 Å². The number of carbonyl (C=O) groups excluding carboxylic acids is 2. The van der Waals surface area contributed by atoms with Gasteiger partial charge in [-0.2, -0.15) is 0 Å². The molecule has 2 amide bonds. The van der Waals surface area contributed by atoms with Crippen molar-refractivity contribution >= 4 is 27.7 Å². The number of hydrazine groups is 1. The fourth-order valence-corrected chi connectivity index (χ4v) is 3.04. The van der Waals surface area contributed by atoms with Gasteiger partial charge in [0.05, 0.1) is 4.47 Å². The Balaban J connectivity index is 1.77. The van der Waals surface area contributed by atoms with Gasteiger partial charge in [0, 0.05) is 0 Å². The van der Waals surface area contributed by atoms with Crippen molar-refractivity contribution in [1.29, 1.82) is 0 Å². The summed E-state index contributed by atoms with van der Waals surface area (Å²) in [5.41, 5.74) is 6.59. The lowest BCUT2D eigenvalue weighted by Gasteiger charge is -2.22. The summed E-state index contributed by atoms with van der Waals surface area (Å²) in [6.07, 6.45) is 0. The van der Waals surface area contributed by atoms with E-state index in [2.05, 4.69) is 47.6 Å². The van der Waals surface area contributed by atoms with E-state index in [0.29, 0.717) is 11.5 Å². The fourth-order valence-electron chi connectivity index (χ4n) is 2.43. The van der Waals surface area contributed by atoms with Crippen LogP contribution in [0.3, 0.4) is 0 Å². The molecule has 0 radical (unpaired) electrons. The molecule has 0 unspecified atom stereocenters. The summed E-state index contributed by atoms with van der Waals surface area (Å²) in [6, 6.07) is 13.1. The molecule has 0 aromatic heterocycles. The third kappa shape index (κ3) is 6.56. The number of rotatable bonds is 6. The van der Waals surface area contributed by atoms with Crippen molar-refractivity contribution < 1.29 is 19.1 Å². The van der Waals surface area contributed by atoms with Crippen molar-refractivity contribution in [2.24, 2.45) is 0 Å². The normalized spacial score (nSPS) is 10.9. The molecule has 0 saturated carbocycles. The zero-order valence-corrected chi connectivity index (χ0v) is 18.1. The molecule has 0 fully saturated rings. The number of hydrogen-bond acceptors (Lipinski definition) is 4. The summed E-state index contributed by atoms with van der Waals surface area (Å²) in [6.45, 7) is 7.73. The van der Waals surface area contributed by atoms with E-state index in [0.717, 1.165) is 15.6 Å². The van der Waals surface area contributed by atoms with Crippen LogP contribution in [0.4, 0.5) is 0 Å². The highest BCUT2D eigenvalue weighted by molar-refractivity contribution is 9.10. The predicted molar refractivity (Wildman–Crippen MR) is 111 cm³/mol. The van der Waals surface area contributed by atoms with Gasteiger partial charge in [0.2, 0.25) is 0 Å². The van der Waals surface area contributed by atoms with Crippen LogP contribution in [0.2, 0.25) is 0 Å². The summed E-state index contributed by atoms with van der Waals surface area (Å²) in [5.74, 6) is 0.253. The number of hydrogen-bond donors (Lipinski definition) is 2. The average molecular weight is 449 g/mol. The van der Waals surface area contributed by atoms with Crippen LogP contribution in [0.15, 0.2) is 46.9 Å². The van der Waals surface area contributed by atoms with Crippen molar-refractivity contribution in [2.45, 2.75) is 33.1 Å². The highest BCUT2D eigenvalue weighted by Crippen LogP contribution is 2.30. The monoisotopic (exact) mass is 448 g/mol. The predicted octanol–water partition coefficient (Wildman–Crippen LogP) is 3.66. The molecule has 7 heteroatoms. The Morgan fingerprint density at radius 2 is 1.50 bits per heavy atom. The minimum atomic E-state index is -0.476. The Hall–Kier alpha value is -2.54. The van der Waals surface area contributed by atoms with Crippen LogP contribution in [0.5, 0.6) is 11.5 Å². The fraction of sp³-hybridized carbons (Fsp3) is 0.333. The molecule has 2 aromatic rings. The van der Waals surface area contributed by atoms with Gasteiger partial charge in [0.1, 0.15) is 11.5 Å². The van der Waals surface area contributed by atoms with Crippen molar-refractivity contribution in [2.75, 3.05) is 13.2 Å². The summed E-state index contributed by atoms with van der Waals surface area (Å²) in [4.78, 5) is 23.8. The van der Waals surface area contributed by atoms with Crippen molar-refractivity contribution in [3.05, 3.63) is 58.1 Å². The molecular weight excluding hydrogens is 424 g/mol. The van der Waals surface area contributed by atoms with Gasteiger partial charge < -0.3 is 9.47 Å². The Morgan fingerprint density at radius 1 is 0.929 bits per heavy atom. The first-order valence-electron chi connectivity index (χ1n) is 8.86. The number of carbonyl (C=O) groups is 2. The number of benzene rings is 2. The maximum absolute atomic E-state index is 11.9. The van der Waals surface area contributed by atoms with Crippen LogP contribution in [0, 0.1) is 6.92 Å². The smallest absolute Gasteiger partial charge is 0.276 e. The van der Waals surface area contributed by atoms with E-state index in [4.69, 9.17) is 9.47 Å². The molecule has 2 rings (SSSR count). The summed E-state index contributed by atoms with van der Waals surface area (Å²) in [5, 5.41) is 0. The van der Waals surface area contributed by atoms with E-state index in [1.165, 1.54) is 0 Å². The van der Waals surface area contributed by atoms with Gasteiger partial charge in [-0.05, 0) is 57.6 Å². The summed E-state index contributed by atoms with van der Waals surface area (Å²) >= 11 is 3.38. The number of para-hydroxylation sites is 1. The number of amides is 2. The first kappa shape index (κ1) is 21.8. The second-order valence-corrected chi connectivity index (χ2v) is 8.21. The van der Waals surface area contributed by atoms with Crippen LogP contribution in [-0.4, -0.2) is 25.0 Å². The Kier molecular flexibility index (Phi) is 7.45. The molecule has 0 bridgehead atoms. The van der Waals surface area contributed by atoms with E-state index in [9.17, 15) is 9.59 Å². The molecular formula is C21H25BrN2O4. The number of aryl methyl sites for hydroxylation is 1. The molecule has 150 valence electrons. The maximum Gasteiger partial charge on any atom is 0.276 e. The SMILES string of the molecule is Cc1ccc(OCC(=O)NNC(=O)COc2ccccc2C(C)(C)C)c(Br)c1. The third-order valence-corrected chi connectivity index (χ3v) is 4.46. The molecule has 2 N–H and O–H groups in total. The second kappa shape index (κ2) is 9.59. The zero-order chi connectivity index (χ0) is 20.7. The quantitative estimate of drug-likeness (QED) is 0.661. The first-order chi connectivity index (χ1) is 13.2. The van der Waals surface area contributed by atoms with E-state index < -0.39 is 11.8 Å². The Morgan fingerprint density at radius 3 is 2.07 bits per heavy atom. The highest BCUT2D eigenvalue weighted by atomic mass is 79.9. The number of halogens is 1. The van der Waals surface area contributed by atoms with Crippen LogP contribution in [0.1, 0.15) is 31.9 Å². The van der Waals surface area contributed by atoms with E-state index >= 15 is 0 Å². The lowest BCUT2D eigenvalue weighted by atomic mass is 9.86. The number of ether oxygens (including phenoxy) is 2. The van der Waals surface area contributed by atoms with E-state index in [1.807, 2.05) is 43.3 Å². The van der Waals surface area contributed by atoms with Gasteiger partial charge in [-0.15, -0.1) is 0 Å². The largest absolute Gasteiger partial charge is 0.483 e. The second-order valence-electron chi connectivity index (χ2n) is 7.35. The molecule has 0 atom stereocenters. The van der Waals surface area contributed by atoms with Gasteiger partial charge in [0.15, 0.2) is 13.2 Å². The molecule has 2 aromatic carbocycles. The topological polar surface area (TPSA) is 76.7 Å². The lowest BCUT2D eigenvalue weighted by molar-refractivity contribution is -0.131. The third-order valence-electron chi connectivity index (χ3n) is 3.84. The Labute approximate surface area is 173 Å². The molecule has 28 heavy (non-hydrogen) atoms. The van der Waals surface area contributed by atoms with Crippen molar-refractivity contribution in [3.8, 4) is 11.5 Å². The summed E-state index contributed by atoms with van der Waals surface area (Å²) in [7, 11) is 0. The molecule has 0 aliphatic carbocycles. The first-order valence-corrected chi connectivity index (χ1v) is 9.65. The highest BCUT2D eigenvalue weighted by Gasteiger charge is 2.19. The van der Waals surface area contributed by atoms with Crippen LogP contribution < -0.4 is 20.3 Å². The average Bonchev–Trinajstić information content (AvgIpc) is 2.63. The minimum Gasteiger partial charge on any atom is -0.483 e. The summed E-state index contributed by atoms with van der Waals surface area (Å²) < 4.78 is 11.8. The van der Waals surface area contributed by atoms with Gasteiger partial charge in [-0.25, -0.2) is 0 Å². The van der Waals surface area contributed by atoms with E-state index in [1.54, 1.807) is 6.07 Å².